The SMILES string of the molecule is CNC(=O)C1CN(C(=O)COc2ccc(C)cc2C)c2ccccc2O1. The predicted molar refractivity (Wildman–Crippen MR) is 98.7 cm³/mol. The molecule has 6 nitrogen and oxygen atoms in total. The molecule has 1 heterocycles. The fourth-order valence-electron chi connectivity index (χ4n) is 2.95. The zero-order valence-corrected chi connectivity index (χ0v) is 15.1. The van der Waals surface area contributed by atoms with Crippen molar-refractivity contribution in [2.45, 2.75) is 20.0 Å². The Bertz CT molecular complexity index is 834. The summed E-state index contributed by atoms with van der Waals surface area (Å²) in [6, 6.07) is 13.0. The van der Waals surface area contributed by atoms with E-state index in [0.717, 1.165) is 11.1 Å². The maximum absolute atomic E-state index is 12.8. The highest BCUT2D eigenvalue weighted by Crippen LogP contribution is 2.33. The summed E-state index contributed by atoms with van der Waals surface area (Å²) in [4.78, 5) is 26.3. The van der Waals surface area contributed by atoms with Crippen molar-refractivity contribution in [1.29, 1.82) is 0 Å². The standard InChI is InChI=1S/C20H22N2O4/c1-13-8-9-16(14(2)10-13)25-12-19(23)22-11-18(20(24)21-3)26-17-7-5-4-6-15(17)22/h4-10,18H,11-12H2,1-3H3,(H,21,24). The van der Waals surface area contributed by atoms with Crippen molar-refractivity contribution in [3.8, 4) is 11.5 Å². The smallest absolute Gasteiger partial charge is 0.265 e. The van der Waals surface area contributed by atoms with E-state index in [1.807, 2.05) is 38.1 Å². The van der Waals surface area contributed by atoms with Crippen molar-refractivity contribution in [3.63, 3.8) is 0 Å². The first-order valence-electron chi connectivity index (χ1n) is 8.47. The Hall–Kier alpha value is -3.02. The van der Waals surface area contributed by atoms with Crippen LogP contribution < -0.4 is 19.7 Å². The quantitative estimate of drug-likeness (QED) is 0.914. The van der Waals surface area contributed by atoms with Crippen LogP contribution in [0.3, 0.4) is 0 Å². The van der Waals surface area contributed by atoms with Gasteiger partial charge in [-0.1, -0.05) is 29.8 Å². The van der Waals surface area contributed by atoms with Crippen LogP contribution >= 0.6 is 0 Å². The number of aryl methyl sites for hydroxylation is 2. The summed E-state index contributed by atoms with van der Waals surface area (Å²) in [6.45, 7) is 3.98. The third-order valence-corrected chi connectivity index (χ3v) is 4.30. The number of hydrogen-bond acceptors (Lipinski definition) is 4. The van der Waals surface area contributed by atoms with Gasteiger partial charge in [0.1, 0.15) is 11.5 Å². The number of hydrogen-bond donors (Lipinski definition) is 1. The van der Waals surface area contributed by atoms with E-state index in [1.165, 1.54) is 0 Å². The molecule has 2 aromatic rings. The second-order valence-electron chi connectivity index (χ2n) is 6.25. The minimum Gasteiger partial charge on any atom is -0.483 e. The third kappa shape index (κ3) is 3.64. The lowest BCUT2D eigenvalue weighted by atomic mass is 10.1. The fourth-order valence-corrected chi connectivity index (χ4v) is 2.95. The van der Waals surface area contributed by atoms with Crippen LogP contribution in [0.4, 0.5) is 5.69 Å². The monoisotopic (exact) mass is 354 g/mol. The van der Waals surface area contributed by atoms with E-state index in [9.17, 15) is 9.59 Å². The molecule has 0 radical (unpaired) electrons. The molecule has 1 N–H and O–H groups in total. The Balaban J connectivity index is 1.77. The number of para-hydroxylation sites is 2. The molecule has 0 aliphatic carbocycles. The molecule has 136 valence electrons. The van der Waals surface area contributed by atoms with Crippen LogP contribution in [-0.2, 0) is 9.59 Å². The second kappa shape index (κ2) is 7.47. The average Bonchev–Trinajstić information content (AvgIpc) is 2.65. The van der Waals surface area contributed by atoms with Gasteiger partial charge in [0.2, 0.25) is 0 Å². The summed E-state index contributed by atoms with van der Waals surface area (Å²) in [5, 5.41) is 2.56. The number of anilines is 1. The van der Waals surface area contributed by atoms with Crippen LogP contribution in [0.15, 0.2) is 42.5 Å². The van der Waals surface area contributed by atoms with Gasteiger partial charge >= 0.3 is 0 Å². The fraction of sp³-hybridized carbons (Fsp3) is 0.300. The van der Waals surface area contributed by atoms with E-state index in [-0.39, 0.29) is 25.0 Å². The summed E-state index contributed by atoms with van der Waals surface area (Å²) in [6.07, 6.45) is -0.750. The Labute approximate surface area is 152 Å². The molecule has 1 unspecified atom stereocenters. The van der Waals surface area contributed by atoms with Gasteiger partial charge in [-0.15, -0.1) is 0 Å². The largest absolute Gasteiger partial charge is 0.483 e. The molecule has 0 bridgehead atoms. The van der Waals surface area contributed by atoms with E-state index >= 15 is 0 Å². The maximum atomic E-state index is 12.8. The predicted octanol–water partition coefficient (Wildman–Crippen LogP) is 2.22. The first-order valence-corrected chi connectivity index (χ1v) is 8.47. The first kappa shape index (κ1) is 17.8. The number of carbonyl (C=O) groups is 2. The molecule has 1 aliphatic heterocycles. The number of rotatable bonds is 4. The second-order valence-corrected chi connectivity index (χ2v) is 6.25. The number of benzene rings is 2. The average molecular weight is 354 g/mol. The molecule has 1 atom stereocenters. The van der Waals surface area contributed by atoms with E-state index in [2.05, 4.69) is 5.32 Å². The summed E-state index contributed by atoms with van der Waals surface area (Å²) in [5.74, 6) is 0.683. The minimum atomic E-state index is -0.750. The van der Waals surface area contributed by atoms with Crippen molar-refractivity contribution in [1.82, 2.24) is 5.32 Å². The van der Waals surface area contributed by atoms with Crippen LogP contribution in [0.2, 0.25) is 0 Å². The van der Waals surface area contributed by atoms with E-state index < -0.39 is 6.10 Å². The van der Waals surface area contributed by atoms with Gasteiger partial charge in [-0.05, 0) is 37.6 Å². The van der Waals surface area contributed by atoms with Crippen LogP contribution in [0.25, 0.3) is 0 Å². The van der Waals surface area contributed by atoms with Gasteiger partial charge in [-0.25, -0.2) is 0 Å². The summed E-state index contributed by atoms with van der Waals surface area (Å²) in [5.41, 5.74) is 2.75. The van der Waals surface area contributed by atoms with Gasteiger partial charge in [0.15, 0.2) is 12.7 Å². The lowest BCUT2D eigenvalue weighted by molar-refractivity contribution is -0.128. The van der Waals surface area contributed by atoms with E-state index in [4.69, 9.17) is 9.47 Å². The lowest BCUT2D eigenvalue weighted by Crippen LogP contribution is -2.51. The molecule has 0 aromatic heterocycles. The molecule has 0 fully saturated rings. The van der Waals surface area contributed by atoms with Gasteiger partial charge < -0.3 is 19.7 Å². The molecule has 2 amide bonds. The molecule has 6 heteroatoms. The molecule has 1 aliphatic rings. The van der Waals surface area contributed by atoms with E-state index in [0.29, 0.717) is 17.2 Å². The Morgan fingerprint density at radius 1 is 1.23 bits per heavy atom. The number of nitrogens with zero attached hydrogens (tertiary/aromatic N) is 1. The van der Waals surface area contributed by atoms with Crippen molar-refractivity contribution < 1.29 is 19.1 Å². The van der Waals surface area contributed by atoms with Crippen LogP contribution in [0.1, 0.15) is 11.1 Å². The third-order valence-electron chi connectivity index (χ3n) is 4.30. The number of amides is 2. The number of likely N-dealkylation sites (N-methyl/N-ethyl adjacent to an activating group) is 1. The summed E-state index contributed by atoms with van der Waals surface area (Å²) in [7, 11) is 1.54. The number of carbonyl (C=O) groups excluding carboxylic acids is 2. The molecule has 2 aromatic carbocycles. The van der Waals surface area contributed by atoms with Crippen molar-refractivity contribution in [2.24, 2.45) is 0 Å². The van der Waals surface area contributed by atoms with Crippen molar-refractivity contribution >= 4 is 17.5 Å². The van der Waals surface area contributed by atoms with Gasteiger partial charge in [0.25, 0.3) is 11.8 Å². The highest BCUT2D eigenvalue weighted by Gasteiger charge is 2.33. The number of fused-ring (bicyclic) bond motifs is 1. The normalized spacial score (nSPS) is 15.7. The van der Waals surface area contributed by atoms with Crippen molar-refractivity contribution in [2.75, 3.05) is 25.1 Å². The molecule has 0 saturated heterocycles. The molecule has 0 spiro atoms. The Morgan fingerprint density at radius 2 is 2.00 bits per heavy atom. The number of nitrogens with one attached hydrogen (secondary N) is 1. The topological polar surface area (TPSA) is 67.9 Å². The van der Waals surface area contributed by atoms with Gasteiger partial charge in [-0.3, -0.25) is 9.59 Å². The van der Waals surface area contributed by atoms with Crippen molar-refractivity contribution in [3.05, 3.63) is 53.6 Å². The molecular weight excluding hydrogens is 332 g/mol. The molecule has 0 saturated carbocycles. The molecule has 3 rings (SSSR count). The van der Waals surface area contributed by atoms with Gasteiger partial charge in [-0.2, -0.15) is 0 Å². The number of ether oxygens (including phenoxy) is 2. The highest BCUT2D eigenvalue weighted by atomic mass is 16.5. The first-order chi connectivity index (χ1) is 12.5. The Morgan fingerprint density at radius 3 is 2.73 bits per heavy atom. The van der Waals surface area contributed by atoms with Gasteiger partial charge in [0.05, 0.1) is 12.2 Å². The molecule has 26 heavy (non-hydrogen) atoms. The zero-order chi connectivity index (χ0) is 18.7. The summed E-state index contributed by atoms with van der Waals surface area (Å²) < 4.78 is 11.4. The maximum Gasteiger partial charge on any atom is 0.265 e. The van der Waals surface area contributed by atoms with Crippen LogP contribution in [0.5, 0.6) is 11.5 Å². The van der Waals surface area contributed by atoms with E-state index in [1.54, 1.807) is 30.1 Å². The molecular formula is C20H22N2O4. The highest BCUT2D eigenvalue weighted by molar-refractivity contribution is 5.98. The van der Waals surface area contributed by atoms with Gasteiger partial charge in [0, 0.05) is 7.05 Å². The summed E-state index contributed by atoms with van der Waals surface area (Å²) >= 11 is 0. The minimum absolute atomic E-state index is 0.112. The van der Waals surface area contributed by atoms with Crippen LogP contribution in [0, 0.1) is 13.8 Å². The Kier molecular flexibility index (Phi) is 5.11. The lowest BCUT2D eigenvalue weighted by Gasteiger charge is -2.34. The van der Waals surface area contributed by atoms with Crippen LogP contribution in [-0.4, -0.2) is 38.1 Å². The zero-order valence-electron chi connectivity index (χ0n) is 15.1.